The average Bonchev–Trinajstić information content (AvgIpc) is 2.86. The molecule has 1 fully saturated rings. The fraction of sp³-hybridized carbons (Fsp3) is 0.571. The lowest BCUT2D eigenvalue weighted by molar-refractivity contribution is 0.141. The van der Waals surface area contributed by atoms with Crippen LogP contribution in [0.1, 0.15) is 25.3 Å². The van der Waals surface area contributed by atoms with E-state index in [2.05, 4.69) is 34.2 Å². The van der Waals surface area contributed by atoms with Crippen molar-refractivity contribution >= 4 is 15.9 Å². The molecule has 2 rings (SSSR count). The monoisotopic (exact) mass is 313 g/mol. The van der Waals surface area contributed by atoms with Crippen molar-refractivity contribution in [3.8, 4) is 5.75 Å². The molecule has 0 radical (unpaired) electrons. The van der Waals surface area contributed by atoms with Crippen molar-refractivity contribution in [1.29, 1.82) is 0 Å². The van der Waals surface area contributed by atoms with E-state index < -0.39 is 0 Å². The fourth-order valence-corrected chi connectivity index (χ4v) is 2.34. The topological polar surface area (TPSA) is 30.5 Å². The first-order valence-corrected chi connectivity index (χ1v) is 7.32. The largest absolute Gasteiger partial charge is 0.488 e. The van der Waals surface area contributed by atoms with Gasteiger partial charge in [0.05, 0.1) is 13.2 Å². The second kappa shape index (κ2) is 7.12. The molecular weight excluding hydrogens is 294 g/mol. The summed E-state index contributed by atoms with van der Waals surface area (Å²) < 4.78 is 12.3. The van der Waals surface area contributed by atoms with Gasteiger partial charge in [-0.3, -0.25) is 0 Å². The Kier molecular flexibility index (Phi) is 5.47. The summed E-state index contributed by atoms with van der Waals surface area (Å²) in [6.45, 7) is 5.59. The third-order valence-corrected chi connectivity index (χ3v) is 3.72. The van der Waals surface area contributed by atoms with Gasteiger partial charge in [0, 0.05) is 17.4 Å². The van der Waals surface area contributed by atoms with Gasteiger partial charge < -0.3 is 14.8 Å². The van der Waals surface area contributed by atoms with E-state index in [0.717, 1.165) is 42.8 Å². The highest BCUT2D eigenvalue weighted by Gasteiger charge is 2.17. The third kappa shape index (κ3) is 3.97. The van der Waals surface area contributed by atoms with Gasteiger partial charge in [-0.2, -0.15) is 0 Å². The van der Waals surface area contributed by atoms with Crippen molar-refractivity contribution in [3.05, 3.63) is 28.2 Å². The predicted octanol–water partition coefficient (Wildman–Crippen LogP) is 3.12. The van der Waals surface area contributed by atoms with Gasteiger partial charge in [0.15, 0.2) is 0 Å². The molecule has 0 aromatic heterocycles. The zero-order chi connectivity index (χ0) is 12.8. The average molecular weight is 314 g/mol. The summed E-state index contributed by atoms with van der Waals surface area (Å²) in [7, 11) is 0. The van der Waals surface area contributed by atoms with Crippen LogP contribution in [0.5, 0.6) is 5.75 Å². The zero-order valence-corrected chi connectivity index (χ0v) is 12.3. The SMILES string of the molecule is CCCNCc1cc(OC2CCOC2)ccc1Br. The molecule has 1 aliphatic heterocycles. The van der Waals surface area contributed by atoms with E-state index in [-0.39, 0.29) is 6.10 Å². The van der Waals surface area contributed by atoms with Crippen LogP contribution in [-0.4, -0.2) is 25.9 Å². The Balaban J connectivity index is 1.96. The molecular formula is C14H20BrNO2. The van der Waals surface area contributed by atoms with Crippen LogP contribution in [0.15, 0.2) is 22.7 Å². The number of rotatable bonds is 6. The second-order valence-corrected chi connectivity index (χ2v) is 5.39. The van der Waals surface area contributed by atoms with E-state index in [1.54, 1.807) is 0 Å². The molecule has 1 unspecified atom stereocenters. The van der Waals surface area contributed by atoms with Crippen molar-refractivity contribution in [2.24, 2.45) is 0 Å². The summed E-state index contributed by atoms with van der Waals surface area (Å²) in [5.41, 5.74) is 1.24. The molecule has 1 heterocycles. The van der Waals surface area contributed by atoms with Gasteiger partial charge in [0.1, 0.15) is 11.9 Å². The number of benzene rings is 1. The number of nitrogens with one attached hydrogen (secondary N) is 1. The summed E-state index contributed by atoms with van der Waals surface area (Å²) in [6.07, 6.45) is 2.34. The lowest BCUT2D eigenvalue weighted by atomic mass is 10.2. The molecule has 3 nitrogen and oxygen atoms in total. The molecule has 1 saturated heterocycles. The smallest absolute Gasteiger partial charge is 0.124 e. The van der Waals surface area contributed by atoms with Crippen molar-refractivity contribution < 1.29 is 9.47 Å². The summed E-state index contributed by atoms with van der Waals surface area (Å²) in [5.74, 6) is 0.932. The summed E-state index contributed by atoms with van der Waals surface area (Å²) in [4.78, 5) is 0. The van der Waals surface area contributed by atoms with E-state index in [1.165, 1.54) is 5.56 Å². The Labute approximate surface area is 117 Å². The van der Waals surface area contributed by atoms with Crippen LogP contribution in [0.3, 0.4) is 0 Å². The predicted molar refractivity (Wildman–Crippen MR) is 76.0 cm³/mol. The molecule has 100 valence electrons. The summed E-state index contributed by atoms with van der Waals surface area (Å²) >= 11 is 3.58. The minimum absolute atomic E-state index is 0.211. The molecule has 0 aliphatic carbocycles. The normalized spacial score (nSPS) is 19.1. The third-order valence-electron chi connectivity index (χ3n) is 2.95. The van der Waals surface area contributed by atoms with Crippen LogP contribution in [0.25, 0.3) is 0 Å². The van der Waals surface area contributed by atoms with Crippen LogP contribution in [-0.2, 0) is 11.3 Å². The molecule has 1 N–H and O–H groups in total. The lowest BCUT2D eigenvalue weighted by Gasteiger charge is -2.14. The summed E-state index contributed by atoms with van der Waals surface area (Å²) in [5, 5.41) is 3.40. The van der Waals surface area contributed by atoms with Gasteiger partial charge in [-0.05, 0) is 36.7 Å². The number of halogens is 1. The molecule has 0 spiro atoms. The maximum absolute atomic E-state index is 5.90. The van der Waals surface area contributed by atoms with E-state index >= 15 is 0 Å². The first kappa shape index (κ1) is 13.8. The molecule has 1 aromatic rings. The van der Waals surface area contributed by atoms with Gasteiger partial charge >= 0.3 is 0 Å². The van der Waals surface area contributed by atoms with E-state index in [1.807, 2.05) is 12.1 Å². The molecule has 0 bridgehead atoms. The Hall–Kier alpha value is -0.580. The Morgan fingerprint density at radius 3 is 3.11 bits per heavy atom. The van der Waals surface area contributed by atoms with Gasteiger partial charge in [-0.25, -0.2) is 0 Å². The van der Waals surface area contributed by atoms with E-state index in [0.29, 0.717) is 6.61 Å². The van der Waals surface area contributed by atoms with Crippen molar-refractivity contribution in [3.63, 3.8) is 0 Å². The van der Waals surface area contributed by atoms with Crippen molar-refractivity contribution in [1.82, 2.24) is 5.32 Å². The van der Waals surface area contributed by atoms with Gasteiger partial charge in [-0.1, -0.05) is 22.9 Å². The minimum Gasteiger partial charge on any atom is -0.488 e. The van der Waals surface area contributed by atoms with Crippen LogP contribution < -0.4 is 10.1 Å². The van der Waals surface area contributed by atoms with Crippen molar-refractivity contribution in [2.75, 3.05) is 19.8 Å². The standard InChI is InChI=1S/C14H20BrNO2/c1-2-6-16-9-11-8-12(3-4-14(11)15)18-13-5-7-17-10-13/h3-4,8,13,16H,2,5-7,9-10H2,1H3. The van der Waals surface area contributed by atoms with Crippen LogP contribution in [0.2, 0.25) is 0 Å². The van der Waals surface area contributed by atoms with Crippen LogP contribution in [0, 0.1) is 0 Å². The lowest BCUT2D eigenvalue weighted by Crippen LogP contribution is -2.17. The van der Waals surface area contributed by atoms with E-state index in [4.69, 9.17) is 9.47 Å². The number of hydrogen-bond acceptors (Lipinski definition) is 3. The zero-order valence-electron chi connectivity index (χ0n) is 10.7. The quantitative estimate of drug-likeness (QED) is 0.819. The molecule has 0 amide bonds. The fourth-order valence-electron chi connectivity index (χ4n) is 1.96. The molecule has 1 atom stereocenters. The van der Waals surface area contributed by atoms with Gasteiger partial charge in [0.2, 0.25) is 0 Å². The Bertz CT molecular complexity index is 378. The number of ether oxygens (including phenoxy) is 2. The maximum Gasteiger partial charge on any atom is 0.124 e. The highest BCUT2D eigenvalue weighted by atomic mass is 79.9. The highest BCUT2D eigenvalue weighted by Crippen LogP contribution is 2.24. The molecule has 0 saturated carbocycles. The molecule has 18 heavy (non-hydrogen) atoms. The first-order valence-electron chi connectivity index (χ1n) is 6.53. The highest BCUT2D eigenvalue weighted by molar-refractivity contribution is 9.10. The molecule has 1 aliphatic rings. The van der Waals surface area contributed by atoms with Gasteiger partial charge in [0.25, 0.3) is 0 Å². The van der Waals surface area contributed by atoms with Crippen molar-refractivity contribution in [2.45, 2.75) is 32.4 Å². The Morgan fingerprint density at radius 1 is 1.50 bits per heavy atom. The Morgan fingerprint density at radius 2 is 2.39 bits per heavy atom. The van der Waals surface area contributed by atoms with Crippen LogP contribution >= 0.6 is 15.9 Å². The minimum atomic E-state index is 0.211. The second-order valence-electron chi connectivity index (χ2n) is 4.53. The maximum atomic E-state index is 5.90. The van der Waals surface area contributed by atoms with E-state index in [9.17, 15) is 0 Å². The summed E-state index contributed by atoms with van der Waals surface area (Å²) in [6, 6.07) is 6.16. The van der Waals surface area contributed by atoms with Gasteiger partial charge in [-0.15, -0.1) is 0 Å². The molecule has 4 heteroatoms. The molecule has 1 aromatic carbocycles. The number of hydrogen-bond donors (Lipinski definition) is 1. The first-order chi connectivity index (χ1) is 8.79. The van der Waals surface area contributed by atoms with Crippen LogP contribution in [0.4, 0.5) is 0 Å².